The molecule has 0 N–H and O–H groups in total. The lowest BCUT2D eigenvalue weighted by atomic mass is 9.76. The first-order chi connectivity index (χ1) is 10.6. The summed E-state index contributed by atoms with van der Waals surface area (Å²) in [5.74, 6) is -1.54. The molecule has 129 valence electrons. The maximum atomic E-state index is 15.0. The first-order valence-electron chi connectivity index (χ1n) is 7.67. The molecule has 0 aromatic heterocycles. The maximum absolute atomic E-state index is 15.0. The van der Waals surface area contributed by atoms with Crippen LogP contribution in [0.3, 0.4) is 0 Å². The number of rotatable bonds is 6. The van der Waals surface area contributed by atoms with Crippen molar-refractivity contribution in [1.82, 2.24) is 0 Å². The molecule has 0 aliphatic heterocycles. The number of hydrogen-bond donors (Lipinski definition) is 0. The molecule has 1 unspecified atom stereocenters. The van der Waals surface area contributed by atoms with Gasteiger partial charge < -0.3 is 9.16 Å². The summed E-state index contributed by atoms with van der Waals surface area (Å²) < 4.78 is 25.7. The quantitative estimate of drug-likeness (QED) is 0.526. The third-order valence-electron chi connectivity index (χ3n) is 3.55. The lowest BCUT2D eigenvalue weighted by Crippen LogP contribution is -2.27. The minimum Gasteiger partial charge on any atom is -0.462 e. The van der Waals surface area contributed by atoms with E-state index < -0.39 is 20.8 Å². The molecule has 23 heavy (non-hydrogen) atoms. The van der Waals surface area contributed by atoms with Crippen molar-refractivity contribution in [1.29, 1.82) is 0 Å². The van der Waals surface area contributed by atoms with Gasteiger partial charge in [0.05, 0.1) is 12.2 Å². The standard InChI is InChI=1S/C17H25ClFO3Si/c1-7-21-16(20)11-8-9-13(18)14(15(11)19)12(17(2,3)4)10-22-23(5)6/h8-9,12H,7,10H2,1-6H3. The van der Waals surface area contributed by atoms with E-state index in [9.17, 15) is 9.18 Å². The molecule has 0 amide bonds. The van der Waals surface area contributed by atoms with E-state index in [-0.39, 0.29) is 23.5 Å². The second-order valence-electron chi connectivity index (χ2n) is 6.68. The third kappa shape index (κ3) is 5.30. The highest BCUT2D eigenvalue weighted by Gasteiger charge is 2.33. The van der Waals surface area contributed by atoms with Gasteiger partial charge in [0.1, 0.15) is 5.82 Å². The molecule has 1 radical (unpaired) electrons. The molecule has 1 atom stereocenters. The van der Waals surface area contributed by atoms with E-state index in [1.54, 1.807) is 13.0 Å². The Kier molecular flexibility index (Phi) is 7.23. The van der Waals surface area contributed by atoms with Crippen molar-refractivity contribution in [2.75, 3.05) is 13.2 Å². The van der Waals surface area contributed by atoms with E-state index in [4.69, 9.17) is 20.8 Å². The summed E-state index contributed by atoms with van der Waals surface area (Å²) in [5.41, 5.74) is -0.0262. The van der Waals surface area contributed by atoms with Gasteiger partial charge >= 0.3 is 5.97 Å². The van der Waals surface area contributed by atoms with Crippen molar-refractivity contribution < 1.29 is 18.3 Å². The fourth-order valence-corrected chi connectivity index (χ4v) is 3.05. The van der Waals surface area contributed by atoms with Crippen LogP contribution in [0.15, 0.2) is 12.1 Å². The fourth-order valence-electron chi connectivity index (χ4n) is 2.27. The van der Waals surface area contributed by atoms with Crippen molar-refractivity contribution in [3.05, 3.63) is 34.1 Å². The highest BCUT2D eigenvalue weighted by atomic mass is 35.5. The highest BCUT2D eigenvalue weighted by molar-refractivity contribution is 6.48. The summed E-state index contributed by atoms with van der Waals surface area (Å²) in [7, 11) is -0.913. The van der Waals surface area contributed by atoms with E-state index in [1.165, 1.54) is 6.07 Å². The molecule has 0 spiro atoms. The number of hydrogen-bond acceptors (Lipinski definition) is 3. The normalized spacial score (nSPS) is 13.3. The Bertz CT molecular complexity index is 556. The maximum Gasteiger partial charge on any atom is 0.341 e. The zero-order valence-corrected chi connectivity index (χ0v) is 16.4. The number of ether oxygens (including phenoxy) is 1. The molecule has 1 aromatic carbocycles. The van der Waals surface area contributed by atoms with Gasteiger partial charge in [-0.25, -0.2) is 9.18 Å². The summed E-state index contributed by atoms with van der Waals surface area (Å²) >= 11 is 6.26. The predicted molar refractivity (Wildman–Crippen MR) is 93.0 cm³/mol. The van der Waals surface area contributed by atoms with E-state index in [2.05, 4.69) is 0 Å². The molecule has 6 heteroatoms. The summed E-state index contributed by atoms with van der Waals surface area (Å²) in [6.45, 7) is 12.3. The van der Waals surface area contributed by atoms with Gasteiger partial charge in [0.25, 0.3) is 0 Å². The van der Waals surface area contributed by atoms with Gasteiger partial charge in [-0.2, -0.15) is 0 Å². The lowest BCUT2D eigenvalue weighted by Gasteiger charge is -2.32. The van der Waals surface area contributed by atoms with Crippen LogP contribution in [0.5, 0.6) is 0 Å². The number of halogens is 2. The van der Waals surface area contributed by atoms with Crippen LogP contribution >= 0.6 is 11.6 Å². The zero-order chi connectivity index (χ0) is 17.8. The number of esters is 1. The molecule has 0 saturated carbocycles. The predicted octanol–water partition coefficient (Wildman–Crippen LogP) is 5.05. The van der Waals surface area contributed by atoms with Gasteiger partial charge in [0.2, 0.25) is 9.04 Å². The summed E-state index contributed by atoms with van der Waals surface area (Å²) in [5, 5.41) is 0.306. The van der Waals surface area contributed by atoms with Gasteiger partial charge in [-0.05, 0) is 37.6 Å². The molecular formula is C17H25ClFO3Si. The largest absolute Gasteiger partial charge is 0.462 e. The van der Waals surface area contributed by atoms with E-state index in [0.29, 0.717) is 17.2 Å². The monoisotopic (exact) mass is 359 g/mol. The molecule has 0 bridgehead atoms. The summed E-state index contributed by atoms with van der Waals surface area (Å²) in [6, 6.07) is 2.92. The van der Waals surface area contributed by atoms with Gasteiger partial charge in [0, 0.05) is 23.1 Å². The van der Waals surface area contributed by atoms with E-state index in [0.717, 1.165) is 0 Å². The van der Waals surface area contributed by atoms with Crippen LogP contribution < -0.4 is 0 Å². The van der Waals surface area contributed by atoms with Gasteiger partial charge in [-0.3, -0.25) is 0 Å². The molecule has 1 aromatic rings. The molecule has 3 nitrogen and oxygen atoms in total. The van der Waals surface area contributed by atoms with Gasteiger partial charge in [0.15, 0.2) is 0 Å². The average molecular weight is 360 g/mol. The number of benzene rings is 1. The van der Waals surface area contributed by atoms with Crippen LogP contribution in [0.1, 0.15) is 49.5 Å². The van der Waals surface area contributed by atoms with Crippen LogP contribution in [0, 0.1) is 11.2 Å². The topological polar surface area (TPSA) is 35.5 Å². The highest BCUT2D eigenvalue weighted by Crippen LogP contribution is 2.41. The smallest absolute Gasteiger partial charge is 0.341 e. The first kappa shape index (κ1) is 20.1. The first-order valence-corrected chi connectivity index (χ1v) is 10.5. The van der Waals surface area contributed by atoms with Crippen LogP contribution in [0.25, 0.3) is 0 Å². The Morgan fingerprint density at radius 1 is 1.35 bits per heavy atom. The van der Waals surface area contributed by atoms with Crippen molar-refractivity contribution in [2.24, 2.45) is 5.41 Å². The summed E-state index contributed by atoms with van der Waals surface area (Å²) in [4.78, 5) is 11.9. The molecule has 0 heterocycles. The molecule has 0 saturated heterocycles. The lowest BCUT2D eigenvalue weighted by molar-refractivity contribution is 0.0520. The number of carbonyl (C=O) groups excluding carboxylic acids is 1. The molecule has 0 aliphatic carbocycles. The van der Waals surface area contributed by atoms with Gasteiger partial charge in [-0.1, -0.05) is 32.4 Å². The van der Waals surface area contributed by atoms with Crippen molar-refractivity contribution in [3.8, 4) is 0 Å². The van der Waals surface area contributed by atoms with E-state index in [1.807, 2.05) is 33.9 Å². The van der Waals surface area contributed by atoms with Gasteiger partial charge in [-0.15, -0.1) is 0 Å². The van der Waals surface area contributed by atoms with Crippen LogP contribution in [0.4, 0.5) is 4.39 Å². The van der Waals surface area contributed by atoms with Crippen LogP contribution in [-0.2, 0) is 9.16 Å². The van der Waals surface area contributed by atoms with Crippen molar-refractivity contribution in [2.45, 2.75) is 46.7 Å². The SMILES string of the molecule is CCOC(=O)c1ccc(Cl)c(C(CO[Si](C)C)C(C)(C)C)c1F. The second-order valence-corrected chi connectivity index (χ2v) is 9.19. The molecule has 0 aliphatic rings. The van der Waals surface area contributed by atoms with Crippen molar-refractivity contribution >= 4 is 26.6 Å². The Balaban J connectivity index is 3.35. The van der Waals surface area contributed by atoms with Crippen LogP contribution in [0.2, 0.25) is 18.1 Å². The number of carbonyl (C=O) groups is 1. The Hall–Kier alpha value is -0.913. The molecule has 0 fully saturated rings. The van der Waals surface area contributed by atoms with Crippen molar-refractivity contribution in [3.63, 3.8) is 0 Å². The van der Waals surface area contributed by atoms with E-state index >= 15 is 0 Å². The Labute approximate surface area is 144 Å². The second kappa shape index (κ2) is 8.26. The summed E-state index contributed by atoms with van der Waals surface area (Å²) in [6.07, 6.45) is 0. The Morgan fingerprint density at radius 2 is 1.96 bits per heavy atom. The molecular weight excluding hydrogens is 335 g/mol. The Morgan fingerprint density at radius 3 is 2.43 bits per heavy atom. The minimum absolute atomic E-state index is 0.0842. The van der Waals surface area contributed by atoms with Crippen LogP contribution in [-0.4, -0.2) is 28.2 Å². The molecule has 1 rings (SSSR count). The fraction of sp³-hybridized carbons (Fsp3) is 0.588. The zero-order valence-electron chi connectivity index (χ0n) is 14.6. The minimum atomic E-state index is -0.913. The average Bonchev–Trinajstić information content (AvgIpc) is 2.40. The third-order valence-corrected chi connectivity index (χ3v) is 4.63.